The fourth-order valence-corrected chi connectivity index (χ4v) is 10.6. The van der Waals surface area contributed by atoms with E-state index in [2.05, 4.69) is 0 Å². The van der Waals surface area contributed by atoms with Crippen molar-refractivity contribution in [3.63, 3.8) is 0 Å². The number of carbonyl (C=O) groups excluding carboxylic acids is 1. The smallest absolute Gasteiger partial charge is 0.460 e. The molecule has 0 unspecified atom stereocenters. The monoisotopic (exact) mass is 1860 g/mol. The van der Waals surface area contributed by atoms with Gasteiger partial charge in [0.25, 0.3) is 0 Å². The zero-order chi connectivity index (χ0) is 92.4. The van der Waals surface area contributed by atoms with E-state index in [1.807, 2.05) is 0 Å². The number of ether oxygens (including phenoxy) is 5. The first-order valence-electron chi connectivity index (χ1n) is 30.9. The van der Waals surface area contributed by atoms with Gasteiger partial charge in [0.2, 0.25) is 5.75 Å². The zero-order valence-electron chi connectivity index (χ0n) is 56.2. The number of rotatable bonds is 43. The number of carbonyl (C=O) groups is 1. The van der Waals surface area contributed by atoms with Gasteiger partial charge >= 0.3 is 149 Å². The molecule has 59 heteroatoms. The molecule has 0 atom stereocenters. The van der Waals surface area contributed by atoms with Crippen LogP contribution in [0, 0.1) is 0 Å². The Hall–Kier alpha value is -6.93. The first-order chi connectivity index (χ1) is 52.3. The lowest BCUT2D eigenvalue weighted by Crippen LogP contribution is -2.74. The molecule has 0 radical (unpaired) electrons. The Bertz CT molecular complexity index is 3730. The first kappa shape index (κ1) is 103. The molecule has 0 N–H and O–H groups in total. The van der Waals surface area contributed by atoms with Crippen molar-refractivity contribution in [2.75, 3.05) is 51.1 Å². The minimum absolute atomic E-state index is 0.0430. The lowest BCUT2D eigenvalue weighted by molar-refractivity contribution is -0.461. The second-order valence-electron chi connectivity index (χ2n) is 24.6. The van der Waals surface area contributed by atoms with Crippen molar-refractivity contribution in [1.82, 2.24) is 0 Å². The van der Waals surface area contributed by atoms with E-state index in [-0.39, 0.29) is 25.3 Å². The van der Waals surface area contributed by atoms with Crippen LogP contribution in [0.3, 0.4) is 0 Å². The molecule has 4 rings (SSSR count). The van der Waals surface area contributed by atoms with Gasteiger partial charge in [-0.2, -0.15) is 224 Å². The number of benzene rings is 3. The highest BCUT2D eigenvalue weighted by molar-refractivity contribution is 7.99. The third-order valence-corrected chi connectivity index (χ3v) is 17.6. The molecule has 7 nitrogen and oxygen atoms in total. The Morgan fingerprint density at radius 3 is 0.797 bits per heavy atom. The van der Waals surface area contributed by atoms with E-state index in [4.69, 9.17) is 23.7 Å². The van der Waals surface area contributed by atoms with Crippen LogP contribution in [-0.4, -0.2) is 195 Å². The predicted octanol–water partition coefficient (Wildman–Crippen LogP) is 24.8. The van der Waals surface area contributed by atoms with E-state index in [9.17, 15) is 229 Å². The fraction of sp³-hybridized carbons (Fsp3) is 0.678. The van der Waals surface area contributed by atoms with E-state index >= 15 is 0 Å². The van der Waals surface area contributed by atoms with Gasteiger partial charge in [0.1, 0.15) is 6.61 Å². The van der Waals surface area contributed by atoms with E-state index in [1.54, 1.807) is 53.4 Å². The van der Waals surface area contributed by atoms with Crippen LogP contribution in [0.2, 0.25) is 0 Å². The van der Waals surface area contributed by atoms with E-state index in [0.717, 1.165) is 0 Å². The number of anilines is 2. The molecular weight excluding hydrogens is 1820 g/mol. The van der Waals surface area contributed by atoms with Crippen LogP contribution in [0.1, 0.15) is 68.1 Å². The quantitative estimate of drug-likeness (QED) is 0.0315. The van der Waals surface area contributed by atoms with Crippen molar-refractivity contribution in [2.24, 2.45) is 0 Å². The molecule has 682 valence electrons. The number of hydrogen-bond acceptors (Lipinski definition) is 8. The number of hydrogen-bond donors (Lipinski definition) is 0. The van der Waals surface area contributed by atoms with E-state index in [0.29, 0.717) is 21.2 Å². The van der Waals surface area contributed by atoms with Crippen LogP contribution in [-0.2, 0) is 9.47 Å². The van der Waals surface area contributed by atoms with Gasteiger partial charge in [-0.25, -0.2) is 4.79 Å². The maximum atomic E-state index is 14.9. The maximum absolute atomic E-state index is 14.9. The minimum Gasteiger partial charge on any atom is -0.490 e. The molecule has 0 spiro atoms. The second kappa shape index (κ2) is 33.0. The third-order valence-electron chi connectivity index (χ3n) is 16.5. The van der Waals surface area contributed by atoms with Crippen LogP contribution in [0.4, 0.5) is 235 Å². The molecule has 1 aliphatic rings. The summed E-state index contributed by atoms with van der Waals surface area (Å²) in [6.07, 6.45) is -46.3. The number of para-hydroxylation sites is 2. The summed E-state index contributed by atoms with van der Waals surface area (Å²) in [5, 5.41) is 0. The summed E-state index contributed by atoms with van der Waals surface area (Å²) in [6.45, 7) is -7.73. The first-order valence-corrected chi connectivity index (χ1v) is 31.7. The van der Waals surface area contributed by atoms with E-state index in [1.165, 1.54) is 11.8 Å². The highest BCUT2D eigenvalue weighted by Gasteiger charge is 2.99. The lowest BCUT2D eigenvalue weighted by atomic mass is 9.88. The normalized spacial score (nSPS) is 15.6. The average Bonchev–Trinajstić information content (AvgIpc) is 0.703. The Kier molecular flexibility index (Phi) is 29.0. The molecule has 1 aliphatic heterocycles. The molecule has 3 aromatic rings. The number of unbranched alkanes of at least 4 members (excludes halogenated alkanes) is 3. The number of nitrogens with zero attached hydrogens (tertiary/aromatic N) is 1. The third kappa shape index (κ3) is 17.2. The highest BCUT2D eigenvalue weighted by atomic mass is 32.2. The van der Waals surface area contributed by atoms with Gasteiger partial charge < -0.3 is 28.6 Å². The largest absolute Gasteiger partial charge is 0.490 e. The summed E-state index contributed by atoms with van der Waals surface area (Å²) in [6, 6.07) is 13.2. The van der Waals surface area contributed by atoms with Gasteiger partial charge in [-0.15, -0.1) is 0 Å². The van der Waals surface area contributed by atoms with Crippen molar-refractivity contribution < 1.29 is 252 Å². The van der Waals surface area contributed by atoms with Crippen LogP contribution < -0.4 is 19.1 Å². The van der Waals surface area contributed by atoms with Crippen LogP contribution >= 0.6 is 11.8 Å². The number of fused-ring (bicyclic) bond motifs is 2. The lowest BCUT2D eigenvalue weighted by Gasteiger charge is -2.42. The number of halogens is 51. The van der Waals surface area contributed by atoms with Gasteiger partial charge in [0.15, 0.2) is 11.5 Å². The molecule has 1 heterocycles. The Balaban J connectivity index is 1.80. The molecule has 118 heavy (non-hydrogen) atoms. The van der Waals surface area contributed by atoms with Crippen LogP contribution in [0.25, 0.3) is 0 Å². The molecule has 0 fully saturated rings. The average molecular weight is 1860 g/mol. The molecule has 0 aromatic heterocycles. The summed E-state index contributed by atoms with van der Waals surface area (Å²) in [5.41, 5.74) is -0.187. The molecule has 0 aliphatic carbocycles. The van der Waals surface area contributed by atoms with Crippen LogP contribution in [0.5, 0.6) is 17.2 Å². The summed E-state index contributed by atoms with van der Waals surface area (Å²) in [5.74, 6) is -188. The molecule has 3 aromatic carbocycles. The Morgan fingerprint density at radius 1 is 0.280 bits per heavy atom. The molecule has 0 amide bonds. The van der Waals surface area contributed by atoms with Crippen LogP contribution in [0.15, 0.2) is 70.5 Å². The minimum atomic E-state index is -9.15. The number of esters is 1. The Morgan fingerprint density at radius 2 is 0.525 bits per heavy atom. The van der Waals surface area contributed by atoms with E-state index < -0.39 is 263 Å². The highest BCUT2D eigenvalue weighted by Crippen LogP contribution is 2.69. The SMILES string of the molecule is O=C(OCCOCCN1c2ccccc2Sc2ccccc21)c1cc(OCCCCC(F)(F)C(F)(F)C(F)(F)C(F)(F)C(F)(F)C(F)(F)C(F)(F)C(F)(F)F)c(OCCCCC(F)(F)C(F)(F)C(F)(F)C(F)(F)C(F)(F)C(F)(F)C(F)(F)C(F)(F)F)c(OCCCCC(F)(F)C(F)(F)C(F)(F)C(F)(F)C(F)(F)C(F)(F)C(F)(F)C(F)(F)F)c1. The summed E-state index contributed by atoms with van der Waals surface area (Å²) in [4.78, 5) is 16.6. The maximum Gasteiger partial charge on any atom is 0.460 e. The zero-order valence-corrected chi connectivity index (χ0v) is 57.0. The van der Waals surface area contributed by atoms with Gasteiger partial charge in [-0.1, -0.05) is 36.0 Å². The summed E-state index contributed by atoms with van der Waals surface area (Å²) in [7, 11) is 0. The molecule has 0 bridgehead atoms. The second-order valence-corrected chi connectivity index (χ2v) is 25.7. The fourth-order valence-electron chi connectivity index (χ4n) is 9.55. The van der Waals surface area contributed by atoms with Crippen molar-refractivity contribution in [1.29, 1.82) is 0 Å². The topological polar surface area (TPSA) is 66.5 Å². The van der Waals surface area contributed by atoms with Crippen molar-refractivity contribution in [3.8, 4) is 17.2 Å². The van der Waals surface area contributed by atoms with Gasteiger partial charge in [-0.3, -0.25) is 0 Å². The van der Waals surface area contributed by atoms with Crippen molar-refractivity contribution in [3.05, 3.63) is 66.2 Å². The van der Waals surface area contributed by atoms with Gasteiger partial charge in [-0.05, 0) is 74.9 Å². The summed E-state index contributed by atoms with van der Waals surface area (Å²) < 4.78 is 736. The Labute approximate surface area is 626 Å². The molecule has 0 saturated carbocycles. The van der Waals surface area contributed by atoms with Gasteiger partial charge in [0.05, 0.1) is 50.0 Å². The number of alkyl halides is 51. The predicted molar refractivity (Wildman–Crippen MR) is 292 cm³/mol. The molecular formula is C59H42F51NO6S. The van der Waals surface area contributed by atoms with Crippen molar-refractivity contribution in [2.45, 2.75) is 210 Å². The van der Waals surface area contributed by atoms with Gasteiger partial charge in [0, 0.05) is 35.6 Å². The van der Waals surface area contributed by atoms with Crippen molar-refractivity contribution >= 4 is 29.1 Å². The molecule has 0 saturated heterocycles. The standard InChI is InChI=1S/C59H42F51NO6S/c60-36(61,39(66,67)42(72,73)45(78,79)48(84,85)51(90,91)54(96,97)57(102,103)104)15-5-8-19-114-30-25-27(35(112)117-24-23-113-22-18-111-28-11-1-3-13-32(28)118-33-14-4-2-12-29(33)111)26-31(115-20-9-6-16-37(62,63)40(68,69)43(74,75)46(80,81)49(86,87)52(92,93)55(98,99)58(105,106)107)34(30)116-21-10-7-17-38(64,65)41(70,71)44(76,77)47(82,83)50(88,89)53(94,95)56(100,101)59(108,109)110/h1-4,11-14,25-26H,5-10,15-24H2. The summed E-state index contributed by atoms with van der Waals surface area (Å²) >= 11 is 1.30.